The number of carbonyl (C=O) groups is 1. The molecule has 0 spiro atoms. The van der Waals surface area contributed by atoms with Crippen LogP contribution in [0.2, 0.25) is 5.02 Å². The number of β-amino-alcohol motifs (C(OH)–C–C–N with tert-alkyl or cyclic N) is 1. The van der Waals surface area contributed by atoms with Crippen molar-refractivity contribution in [2.75, 3.05) is 42.1 Å². The number of nitrogens with one attached hydrogen (secondary N) is 1. The van der Waals surface area contributed by atoms with Crippen LogP contribution in [0.4, 0.5) is 11.5 Å². The van der Waals surface area contributed by atoms with Crippen LogP contribution in [0.25, 0.3) is 5.65 Å². The number of hydrogen-bond donors (Lipinski definition) is 2. The lowest BCUT2D eigenvalue weighted by molar-refractivity contribution is 0.0839. The zero-order valence-electron chi connectivity index (χ0n) is 21.7. The number of likely N-dealkylation sites (tertiary alicyclic amines) is 1. The second kappa shape index (κ2) is 10.7. The third-order valence-electron chi connectivity index (χ3n) is 7.26. The number of rotatable bonds is 7. The average Bonchev–Trinajstić information content (AvgIpc) is 3.46. The highest BCUT2D eigenvalue weighted by atomic mass is 35.5. The van der Waals surface area contributed by atoms with Gasteiger partial charge in [-0.1, -0.05) is 18.0 Å². The van der Waals surface area contributed by atoms with Crippen molar-refractivity contribution < 1.29 is 18.3 Å². The number of piperidine rings is 1. The van der Waals surface area contributed by atoms with Crippen LogP contribution in [-0.2, 0) is 10.0 Å². The number of Topliss-reactive ketones (excluding diaryl/α,β-unsaturated/α-hetero) is 1. The van der Waals surface area contributed by atoms with Gasteiger partial charge < -0.3 is 10.0 Å². The van der Waals surface area contributed by atoms with E-state index >= 15 is 0 Å². The number of anilines is 2. The molecule has 13 heteroatoms. The van der Waals surface area contributed by atoms with Crippen LogP contribution in [0, 0.1) is 24.2 Å². The number of aliphatic hydroxyl groups is 1. The lowest BCUT2D eigenvalue weighted by Crippen LogP contribution is -2.37. The van der Waals surface area contributed by atoms with Gasteiger partial charge in [-0.2, -0.15) is 10.4 Å². The summed E-state index contributed by atoms with van der Waals surface area (Å²) in [4.78, 5) is 22.2. The number of sulfonamides is 1. The van der Waals surface area contributed by atoms with Crippen molar-refractivity contribution in [1.29, 1.82) is 5.26 Å². The van der Waals surface area contributed by atoms with Gasteiger partial charge in [-0.05, 0) is 44.5 Å². The van der Waals surface area contributed by atoms with Crippen LogP contribution in [0.1, 0.15) is 46.9 Å². The monoisotopic (exact) mass is 571 g/mol. The van der Waals surface area contributed by atoms with Gasteiger partial charge in [-0.25, -0.2) is 17.9 Å². The van der Waals surface area contributed by atoms with Gasteiger partial charge in [0.15, 0.2) is 11.4 Å². The Labute approximate surface area is 232 Å². The fraction of sp³-hybridized carbons (Fsp3) is 0.462. The van der Waals surface area contributed by atoms with Gasteiger partial charge in [0.05, 0.1) is 48.3 Å². The largest absolute Gasteiger partial charge is 0.390 e. The standard InChI is InChI=1S/C26H30ClN7O4S/c1-16-12-34-25(29-26(16)33-13-17(11-28)23(35)14-33)10-21(30-34)22-5-3-4-8-32(22)15-24(36)19-9-18(27)6-7-20(19)31-39(2,37)38/h6-7,9-10,12,17,22-23,31,35H,3-5,8,13-15H2,1-2H3/t17-,22-,23+/m0/s1. The maximum atomic E-state index is 13.4. The maximum absolute atomic E-state index is 13.4. The number of hydrogen-bond acceptors (Lipinski definition) is 9. The number of nitrogens with zero attached hydrogens (tertiary/aromatic N) is 6. The molecule has 2 N–H and O–H groups in total. The third kappa shape index (κ3) is 5.86. The number of halogens is 1. The third-order valence-corrected chi connectivity index (χ3v) is 8.08. The molecule has 3 atom stereocenters. The number of aryl methyl sites for hydroxylation is 1. The Hall–Kier alpha value is -3.24. The van der Waals surface area contributed by atoms with Crippen LogP contribution in [-0.4, -0.2) is 77.3 Å². The van der Waals surface area contributed by atoms with E-state index in [-0.39, 0.29) is 29.6 Å². The molecule has 0 unspecified atom stereocenters. The molecule has 1 aromatic carbocycles. The Morgan fingerprint density at radius 2 is 2.08 bits per heavy atom. The van der Waals surface area contributed by atoms with Crippen LogP contribution in [0.5, 0.6) is 0 Å². The second-order valence-corrected chi connectivity index (χ2v) is 12.5. The Kier molecular flexibility index (Phi) is 7.52. The van der Waals surface area contributed by atoms with E-state index < -0.39 is 22.0 Å². The van der Waals surface area contributed by atoms with Crippen molar-refractivity contribution in [2.45, 2.75) is 38.3 Å². The molecule has 2 fully saturated rings. The SMILES string of the molecule is Cc1cn2nc([C@@H]3CCCCN3CC(=O)c3cc(Cl)ccc3NS(C)(=O)=O)cc2nc1N1C[C@@H](O)[C@@H](C#N)C1. The van der Waals surface area contributed by atoms with Gasteiger partial charge in [0.2, 0.25) is 10.0 Å². The number of benzene rings is 1. The first-order valence-electron chi connectivity index (χ1n) is 12.8. The van der Waals surface area contributed by atoms with Crippen molar-refractivity contribution in [3.05, 3.63) is 52.3 Å². The molecular weight excluding hydrogens is 542 g/mol. The molecule has 0 bridgehead atoms. The van der Waals surface area contributed by atoms with E-state index in [0.29, 0.717) is 36.1 Å². The summed E-state index contributed by atoms with van der Waals surface area (Å²) >= 11 is 6.15. The van der Waals surface area contributed by atoms with E-state index in [1.165, 1.54) is 12.1 Å². The predicted octanol–water partition coefficient (Wildman–Crippen LogP) is 2.79. The summed E-state index contributed by atoms with van der Waals surface area (Å²) in [5.41, 5.74) is 2.74. The number of fused-ring (bicyclic) bond motifs is 1. The molecule has 2 aliphatic heterocycles. The van der Waals surface area contributed by atoms with Crippen LogP contribution < -0.4 is 9.62 Å². The van der Waals surface area contributed by atoms with E-state index in [4.69, 9.17) is 21.7 Å². The highest BCUT2D eigenvalue weighted by Gasteiger charge is 2.33. The van der Waals surface area contributed by atoms with Crippen molar-refractivity contribution in [3.63, 3.8) is 0 Å². The van der Waals surface area contributed by atoms with Crippen molar-refractivity contribution in [3.8, 4) is 6.07 Å². The number of aromatic nitrogens is 3. The summed E-state index contributed by atoms with van der Waals surface area (Å²) in [6, 6.07) is 8.48. The molecule has 0 radical (unpaired) electrons. The van der Waals surface area contributed by atoms with E-state index in [0.717, 1.165) is 36.8 Å². The fourth-order valence-electron chi connectivity index (χ4n) is 5.41. The Balaban J connectivity index is 1.40. The van der Waals surface area contributed by atoms with Gasteiger partial charge in [0, 0.05) is 41.5 Å². The smallest absolute Gasteiger partial charge is 0.229 e. The lowest BCUT2D eigenvalue weighted by atomic mass is 9.98. The zero-order valence-corrected chi connectivity index (χ0v) is 23.3. The highest BCUT2D eigenvalue weighted by molar-refractivity contribution is 7.92. The molecule has 206 valence electrons. The molecule has 2 saturated heterocycles. The highest BCUT2D eigenvalue weighted by Crippen LogP contribution is 2.33. The number of ketones is 1. The molecule has 3 aromatic rings. The summed E-state index contributed by atoms with van der Waals surface area (Å²) in [6.45, 7) is 3.46. The predicted molar refractivity (Wildman–Crippen MR) is 147 cm³/mol. The van der Waals surface area contributed by atoms with Gasteiger partial charge >= 0.3 is 0 Å². The number of carbonyl (C=O) groups excluding carboxylic acids is 1. The van der Waals surface area contributed by atoms with Gasteiger partial charge in [0.1, 0.15) is 5.82 Å². The molecule has 5 rings (SSSR count). The van der Waals surface area contributed by atoms with Crippen molar-refractivity contribution in [2.24, 2.45) is 5.92 Å². The number of nitriles is 1. The quantitative estimate of drug-likeness (QED) is 0.409. The molecule has 2 aliphatic rings. The summed E-state index contributed by atoms with van der Waals surface area (Å²) in [5, 5.41) is 24.6. The molecule has 4 heterocycles. The van der Waals surface area contributed by atoms with Crippen molar-refractivity contribution in [1.82, 2.24) is 19.5 Å². The normalized spacial score (nSPS) is 22.2. The Morgan fingerprint density at radius 3 is 2.79 bits per heavy atom. The van der Waals surface area contributed by atoms with Crippen LogP contribution >= 0.6 is 11.6 Å². The van der Waals surface area contributed by atoms with E-state index in [1.54, 1.807) is 10.6 Å². The molecule has 39 heavy (non-hydrogen) atoms. The van der Waals surface area contributed by atoms with Crippen LogP contribution in [0.15, 0.2) is 30.5 Å². The first kappa shape index (κ1) is 27.3. The average molecular weight is 572 g/mol. The first-order chi connectivity index (χ1) is 18.5. The Bertz CT molecular complexity index is 1570. The Morgan fingerprint density at radius 1 is 1.28 bits per heavy atom. The summed E-state index contributed by atoms with van der Waals surface area (Å²) in [5.74, 6) is 0.0207. The molecule has 11 nitrogen and oxygen atoms in total. The minimum Gasteiger partial charge on any atom is -0.390 e. The molecule has 0 saturated carbocycles. The zero-order chi connectivity index (χ0) is 27.9. The summed E-state index contributed by atoms with van der Waals surface area (Å²) in [6.07, 6.45) is 4.94. The molecular formula is C26H30ClN7O4S. The minimum atomic E-state index is -3.58. The van der Waals surface area contributed by atoms with Crippen LogP contribution in [0.3, 0.4) is 0 Å². The topological polar surface area (TPSA) is 144 Å². The van der Waals surface area contributed by atoms with E-state index in [9.17, 15) is 23.6 Å². The lowest BCUT2D eigenvalue weighted by Gasteiger charge is -2.34. The van der Waals surface area contributed by atoms with Gasteiger partial charge in [0.25, 0.3) is 0 Å². The van der Waals surface area contributed by atoms with Gasteiger partial charge in [-0.3, -0.25) is 14.4 Å². The molecule has 2 aromatic heterocycles. The molecule has 0 amide bonds. The number of aliphatic hydroxyl groups excluding tert-OH is 1. The maximum Gasteiger partial charge on any atom is 0.229 e. The van der Waals surface area contributed by atoms with E-state index in [2.05, 4.69) is 15.7 Å². The van der Waals surface area contributed by atoms with Crippen molar-refractivity contribution >= 4 is 44.6 Å². The summed E-state index contributed by atoms with van der Waals surface area (Å²) in [7, 11) is -3.58. The fourth-order valence-corrected chi connectivity index (χ4v) is 6.16. The van der Waals surface area contributed by atoms with Gasteiger partial charge in [-0.15, -0.1) is 0 Å². The van der Waals surface area contributed by atoms with E-state index in [1.807, 2.05) is 24.1 Å². The molecule has 0 aliphatic carbocycles. The summed E-state index contributed by atoms with van der Waals surface area (Å²) < 4.78 is 27.8. The minimum absolute atomic E-state index is 0.0796. The second-order valence-electron chi connectivity index (χ2n) is 10.3. The first-order valence-corrected chi connectivity index (χ1v) is 15.0.